The Balaban J connectivity index is 1.50. The minimum Gasteiger partial charge on any atom is -0.369 e. The molecule has 3 rings (SSSR count). The summed E-state index contributed by atoms with van der Waals surface area (Å²) in [5.41, 5.74) is 2.96. The Kier molecular flexibility index (Phi) is 5.14. The lowest BCUT2D eigenvalue weighted by molar-refractivity contribution is -0.125. The van der Waals surface area contributed by atoms with Gasteiger partial charge in [-0.3, -0.25) is 4.79 Å². The molecule has 1 fully saturated rings. The number of piperidine rings is 1. The Labute approximate surface area is 142 Å². The van der Waals surface area contributed by atoms with Gasteiger partial charge in [0.25, 0.3) is 0 Å². The standard InChI is InChI=1S/C20H23FN2O/c1-15-6-8-16(9-7-15)14-22-20(24)17-10-12-23(13-11-17)19-5-3-2-4-18(19)21/h2-9,17H,10-14H2,1H3,(H,22,24). The molecule has 4 heteroatoms. The quantitative estimate of drug-likeness (QED) is 0.930. The third kappa shape index (κ3) is 3.94. The highest BCUT2D eigenvalue weighted by Crippen LogP contribution is 2.25. The molecule has 0 atom stereocenters. The Morgan fingerprint density at radius 3 is 2.46 bits per heavy atom. The highest BCUT2D eigenvalue weighted by molar-refractivity contribution is 5.79. The number of benzene rings is 2. The SMILES string of the molecule is Cc1ccc(CNC(=O)C2CCN(c3ccccc3F)CC2)cc1. The van der Waals surface area contributed by atoms with Crippen molar-refractivity contribution in [2.75, 3.05) is 18.0 Å². The molecule has 0 radical (unpaired) electrons. The molecular formula is C20H23FN2O. The molecule has 1 amide bonds. The van der Waals surface area contributed by atoms with Crippen LogP contribution in [-0.2, 0) is 11.3 Å². The molecule has 1 aliphatic heterocycles. The molecule has 1 heterocycles. The molecule has 0 saturated carbocycles. The van der Waals surface area contributed by atoms with Gasteiger partial charge in [-0.1, -0.05) is 42.0 Å². The fourth-order valence-corrected chi connectivity index (χ4v) is 3.13. The normalized spacial score (nSPS) is 15.3. The fourth-order valence-electron chi connectivity index (χ4n) is 3.13. The molecule has 0 aromatic heterocycles. The predicted octanol–water partition coefficient (Wildman–Crippen LogP) is 3.67. The molecular weight excluding hydrogens is 303 g/mol. The maximum Gasteiger partial charge on any atom is 0.223 e. The van der Waals surface area contributed by atoms with Gasteiger partial charge < -0.3 is 10.2 Å². The first kappa shape index (κ1) is 16.5. The van der Waals surface area contributed by atoms with Gasteiger partial charge in [0.05, 0.1) is 5.69 Å². The van der Waals surface area contributed by atoms with E-state index in [0.29, 0.717) is 25.3 Å². The van der Waals surface area contributed by atoms with Gasteiger partial charge >= 0.3 is 0 Å². The van der Waals surface area contributed by atoms with Gasteiger partial charge in [0, 0.05) is 25.6 Å². The predicted molar refractivity (Wildman–Crippen MR) is 94.4 cm³/mol. The summed E-state index contributed by atoms with van der Waals surface area (Å²) in [4.78, 5) is 14.4. The summed E-state index contributed by atoms with van der Waals surface area (Å²) < 4.78 is 13.8. The second kappa shape index (κ2) is 7.47. The lowest BCUT2D eigenvalue weighted by atomic mass is 9.95. The van der Waals surface area contributed by atoms with Crippen molar-refractivity contribution in [1.29, 1.82) is 0 Å². The largest absolute Gasteiger partial charge is 0.369 e. The zero-order chi connectivity index (χ0) is 16.9. The molecule has 126 valence electrons. The van der Waals surface area contributed by atoms with Gasteiger partial charge in [0.2, 0.25) is 5.91 Å². The lowest BCUT2D eigenvalue weighted by Crippen LogP contribution is -2.40. The molecule has 2 aromatic carbocycles. The van der Waals surface area contributed by atoms with Gasteiger partial charge in [0.1, 0.15) is 5.82 Å². The van der Waals surface area contributed by atoms with E-state index < -0.39 is 0 Å². The van der Waals surface area contributed by atoms with Crippen LogP contribution in [0.3, 0.4) is 0 Å². The highest BCUT2D eigenvalue weighted by Gasteiger charge is 2.25. The van der Waals surface area contributed by atoms with Crippen LogP contribution in [0.25, 0.3) is 0 Å². The van der Waals surface area contributed by atoms with E-state index in [9.17, 15) is 9.18 Å². The summed E-state index contributed by atoms with van der Waals surface area (Å²) in [7, 11) is 0. The van der Waals surface area contributed by atoms with E-state index in [2.05, 4.69) is 5.32 Å². The van der Waals surface area contributed by atoms with E-state index in [1.807, 2.05) is 42.2 Å². The van der Waals surface area contributed by atoms with Crippen LogP contribution in [-0.4, -0.2) is 19.0 Å². The zero-order valence-electron chi connectivity index (χ0n) is 14.0. The van der Waals surface area contributed by atoms with Crippen molar-refractivity contribution in [2.45, 2.75) is 26.3 Å². The molecule has 0 spiro atoms. The number of hydrogen-bond acceptors (Lipinski definition) is 2. The van der Waals surface area contributed by atoms with Gasteiger partial charge in [0.15, 0.2) is 0 Å². The second-order valence-corrected chi connectivity index (χ2v) is 6.42. The molecule has 2 aromatic rings. The monoisotopic (exact) mass is 326 g/mol. The summed E-state index contributed by atoms with van der Waals surface area (Å²) in [6.45, 7) is 4.03. The summed E-state index contributed by atoms with van der Waals surface area (Å²) >= 11 is 0. The molecule has 0 unspecified atom stereocenters. The number of hydrogen-bond donors (Lipinski definition) is 1. The number of nitrogens with one attached hydrogen (secondary N) is 1. The topological polar surface area (TPSA) is 32.3 Å². The van der Waals surface area contributed by atoms with Gasteiger partial charge in [-0.2, -0.15) is 0 Å². The molecule has 0 aliphatic carbocycles. The summed E-state index contributed by atoms with van der Waals surface area (Å²) in [5, 5.41) is 3.02. The van der Waals surface area contributed by atoms with Gasteiger partial charge in [-0.25, -0.2) is 4.39 Å². The van der Waals surface area contributed by atoms with Crippen molar-refractivity contribution >= 4 is 11.6 Å². The average molecular weight is 326 g/mol. The number of carbonyl (C=O) groups excluding carboxylic acids is 1. The average Bonchev–Trinajstić information content (AvgIpc) is 2.61. The van der Waals surface area contributed by atoms with Crippen LogP contribution in [0.4, 0.5) is 10.1 Å². The molecule has 3 nitrogen and oxygen atoms in total. The molecule has 0 bridgehead atoms. The molecule has 24 heavy (non-hydrogen) atoms. The Bertz CT molecular complexity index is 691. The van der Waals surface area contributed by atoms with E-state index in [4.69, 9.17) is 0 Å². The van der Waals surface area contributed by atoms with E-state index in [1.165, 1.54) is 11.6 Å². The Morgan fingerprint density at radius 2 is 1.79 bits per heavy atom. The van der Waals surface area contributed by atoms with Crippen LogP contribution < -0.4 is 10.2 Å². The van der Waals surface area contributed by atoms with Crippen LogP contribution in [0.5, 0.6) is 0 Å². The van der Waals surface area contributed by atoms with Crippen molar-refractivity contribution < 1.29 is 9.18 Å². The van der Waals surface area contributed by atoms with E-state index >= 15 is 0 Å². The van der Waals surface area contributed by atoms with Crippen molar-refractivity contribution in [1.82, 2.24) is 5.32 Å². The zero-order valence-corrected chi connectivity index (χ0v) is 14.0. The minimum atomic E-state index is -0.195. The molecule has 1 N–H and O–H groups in total. The second-order valence-electron chi connectivity index (χ2n) is 6.42. The van der Waals surface area contributed by atoms with Crippen molar-refractivity contribution in [3.05, 3.63) is 65.5 Å². The maximum atomic E-state index is 13.8. The van der Waals surface area contributed by atoms with Crippen LogP contribution in [0.2, 0.25) is 0 Å². The number of aryl methyl sites for hydroxylation is 1. The number of halogens is 1. The van der Waals surface area contributed by atoms with E-state index in [1.54, 1.807) is 12.1 Å². The number of para-hydroxylation sites is 1. The van der Waals surface area contributed by atoms with E-state index in [-0.39, 0.29) is 17.6 Å². The first-order valence-corrected chi connectivity index (χ1v) is 8.46. The maximum absolute atomic E-state index is 13.8. The van der Waals surface area contributed by atoms with Crippen molar-refractivity contribution in [3.63, 3.8) is 0 Å². The Morgan fingerprint density at radius 1 is 1.12 bits per heavy atom. The first-order chi connectivity index (χ1) is 11.6. The summed E-state index contributed by atoms with van der Waals surface area (Å²) in [5.74, 6) is -0.0815. The van der Waals surface area contributed by atoms with Crippen LogP contribution >= 0.6 is 0 Å². The fraction of sp³-hybridized carbons (Fsp3) is 0.350. The Hall–Kier alpha value is -2.36. The number of anilines is 1. The van der Waals surface area contributed by atoms with Gasteiger partial charge in [-0.15, -0.1) is 0 Å². The van der Waals surface area contributed by atoms with E-state index in [0.717, 1.165) is 18.4 Å². The number of rotatable bonds is 4. The highest BCUT2D eigenvalue weighted by atomic mass is 19.1. The third-order valence-electron chi connectivity index (χ3n) is 4.65. The summed E-state index contributed by atoms with van der Waals surface area (Å²) in [6, 6.07) is 15.0. The number of carbonyl (C=O) groups is 1. The first-order valence-electron chi connectivity index (χ1n) is 8.46. The smallest absolute Gasteiger partial charge is 0.223 e. The molecule has 1 saturated heterocycles. The van der Waals surface area contributed by atoms with Crippen molar-refractivity contribution in [3.8, 4) is 0 Å². The van der Waals surface area contributed by atoms with Crippen LogP contribution in [0.15, 0.2) is 48.5 Å². The summed E-state index contributed by atoms with van der Waals surface area (Å²) in [6.07, 6.45) is 1.52. The lowest BCUT2D eigenvalue weighted by Gasteiger charge is -2.33. The number of nitrogens with zero attached hydrogens (tertiary/aromatic N) is 1. The minimum absolute atomic E-state index is 0.0125. The third-order valence-corrected chi connectivity index (χ3v) is 4.65. The molecule has 1 aliphatic rings. The van der Waals surface area contributed by atoms with Gasteiger partial charge in [-0.05, 0) is 37.5 Å². The van der Waals surface area contributed by atoms with Crippen LogP contribution in [0, 0.1) is 18.7 Å². The van der Waals surface area contributed by atoms with Crippen LogP contribution in [0.1, 0.15) is 24.0 Å². The number of amides is 1. The van der Waals surface area contributed by atoms with Crippen molar-refractivity contribution in [2.24, 2.45) is 5.92 Å².